The molecule has 5 nitrogen and oxygen atoms in total. The Balaban J connectivity index is 1.86. The molecule has 0 saturated carbocycles. The second-order valence-electron chi connectivity index (χ2n) is 7.32. The van der Waals surface area contributed by atoms with Crippen molar-refractivity contribution < 1.29 is 14.3 Å². The second kappa shape index (κ2) is 9.71. The van der Waals surface area contributed by atoms with Crippen molar-refractivity contribution >= 4 is 28.3 Å². The highest BCUT2D eigenvalue weighted by Crippen LogP contribution is 2.31. The molecule has 0 aliphatic carbocycles. The predicted molar refractivity (Wildman–Crippen MR) is 126 cm³/mol. The molecule has 0 unspecified atom stereocenters. The van der Waals surface area contributed by atoms with E-state index in [9.17, 15) is 9.59 Å². The molecule has 4 aromatic rings. The Kier molecular flexibility index (Phi) is 6.57. The Morgan fingerprint density at radius 3 is 2.22 bits per heavy atom. The smallest absolute Gasteiger partial charge is 0.358 e. The average molecular weight is 448 g/mol. The maximum absolute atomic E-state index is 13.4. The molecule has 0 saturated heterocycles. The van der Waals surface area contributed by atoms with Crippen molar-refractivity contribution in [3.05, 3.63) is 111 Å². The number of hydrogen-bond acceptors (Lipinski definition) is 4. The Labute approximate surface area is 190 Å². The SMILES string of the molecule is COC(=O)c1c(OCCc2ccccc2)c2cc(Cl)ccc2c(=O)n1Cc1ccccc1. The van der Waals surface area contributed by atoms with Gasteiger partial charge in [0.15, 0.2) is 11.4 Å². The average Bonchev–Trinajstić information content (AvgIpc) is 2.82. The minimum Gasteiger partial charge on any atom is -0.490 e. The summed E-state index contributed by atoms with van der Waals surface area (Å²) in [5, 5.41) is 1.36. The van der Waals surface area contributed by atoms with Crippen LogP contribution < -0.4 is 10.3 Å². The summed E-state index contributed by atoms with van der Waals surface area (Å²) in [4.78, 5) is 26.3. The fourth-order valence-electron chi connectivity index (χ4n) is 3.67. The van der Waals surface area contributed by atoms with Gasteiger partial charge in [-0.05, 0) is 29.3 Å². The van der Waals surface area contributed by atoms with Crippen LogP contribution in [0, 0.1) is 0 Å². The summed E-state index contributed by atoms with van der Waals surface area (Å²) >= 11 is 6.23. The first-order chi connectivity index (χ1) is 15.6. The van der Waals surface area contributed by atoms with Crippen LogP contribution in [-0.4, -0.2) is 24.3 Å². The van der Waals surface area contributed by atoms with Gasteiger partial charge in [0.1, 0.15) is 0 Å². The van der Waals surface area contributed by atoms with E-state index < -0.39 is 5.97 Å². The fraction of sp³-hybridized carbons (Fsp3) is 0.154. The number of nitrogens with zero attached hydrogens (tertiary/aromatic N) is 1. The van der Waals surface area contributed by atoms with E-state index in [4.69, 9.17) is 21.1 Å². The molecule has 0 bridgehead atoms. The third kappa shape index (κ3) is 4.53. The predicted octanol–water partition coefficient (Wildman–Crippen LogP) is 5.11. The highest BCUT2D eigenvalue weighted by atomic mass is 35.5. The van der Waals surface area contributed by atoms with Crippen LogP contribution in [0.3, 0.4) is 0 Å². The van der Waals surface area contributed by atoms with E-state index in [0.717, 1.165) is 11.1 Å². The van der Waals surface area contributed by atoms with Crippen molar-refractivity contribution in [2.45, 2.75) is 13.0 Å². The molecule has 3 aromatic carbocycles. The zero-order valence-corrected chi connectivity index (χ0v) is 18.3. The minimum absolute atomic E-state index is 0.0733. The van der Waals surface area contributed by atoms with E-state index in [0.29, 0.717) is 34.6 Å². The van der Waals surface area contributed by atoms with E-state index in [1.54, 1.807) is 18.2 Å². The largest absolute Gasteiger partial charge is 0.490 e. The normalized spacial score (nSPS) is 10.8. The van der Waals surface area contributed by atoms with Gasteiger partial charge in [-0.3, -0.25) is 9.36 Å². The number of rotatable bonds is 7. The number of aromatic nitrogens is 1. The number of halogens is 1. The third-order valence-corrected chi connectivity index (χ3v) is 5.46. The van der Waals surface area contributed by atoms with Gasteiger partial charge in [0.2, 0.25) is 0 Å². The van der Waals surface area contributed by atoms with Crippen LogP contribution in [0.5, 0.6) is 5.75 Å². The molecule has 0 amide bonds. The van der Waals surface area contributed by atoms with Gasteiger partial charge in [0.25, 0.3) is 5.56 Å². The van der Waals surface area contributed by atoms with Gasteiger partial charge in [-0.2, -0.15) is 0 Å². The highest BCUT2D eigenvalue weighted by Gasteiger charge is 2.25. The van der Waals surface area contributed by atoms with E-state index in [1.165, 1.54) is 11.7 Å². The lowest BCUT2D eigenvalue weighted by Crippen LogP contribution is -2.28. The lowest BCUT2D eigenvalue weighted by atomic mass is 10.1. The lowest BCUT2D eigenvalue weighted by molar-refractivity contribution is 0.0582. The summed E-state index contributed by atoms with van der Waals surface area (Å²) in [5.74, 6) is -0.351. The van der Waals surface area contributed by atoms with Gasteiger partial charge in [0.05, 0.1) is 25.6 Å². The summed E-state index contributed by atoms with van der Waals surface area (Å²) in [7, 11) is 1.29. The first-order valence-electron chi connectivity index (χ1n) is 10.2. The van der Waals surface area contributed by atoms with Crippen LogP contribution in [-0.2, 0) is 17.7 Å². The number of carbonyl (C=O) groups is 1. The number of fused-ring (bicyclic) bond motifs is 1. The summed E-state index contributed by atoms with van der Waals surface area (Å²) in [6.45, 7) is 0.525. The zero-order valence-electron chi connectivity index (χ0n) is 17.6. The van der Waals surface area contributed by atoms with Gasteiger partial charge in [0, 0.05) is 16.8 Å². The minimum atomic E-state index is -0.644. The molecule has 0 aliphatic rings. The van der Waals surface area contributed by atoms with Crippen molar-refractivity contribution in [3.63, 3.8) is 0 Å². The molecule has 1 heterocycles. The molecule has 0 spiro atoms. The van der Waals surface area contributed by atoms with Gasteiger partial charge < -0.3 is 9.47 Å². The number of ether oxygens (including phenoxy) is 2. The maximum atomic E-state index is 13.4. The van der Waals surface area contributed by atoms with Gasteiger partial charge in [-0.1, -0.05) is 72.3 Å². The van der Waals surface area contributed by atoms with Crippen molar-refractivity contribution in [1.82, 2.24) is 4.57 Å². The van der Waals surface area contributed by atoms with Crippen LogP contribution in [0.1, 0.15) is 21.6 Å². The molecule has 0 N–H and O–H groups in total. The molecular formula is C26H22ClNO4. The molecule has 6 heteroatoms. The fourth-order valence-corrected chi connectivity index (χ4v) is 3.84. The first-order valence-corrected chi connectivity index (χ1v) is 10.6. The molecule has 32 heavy (non-hydrogen) atoms. The van der Waals surface area contributed by atoms with Gasteiger partial charge in [-0.25, -0.2) is 4.79 Å². The van der Waals surface area contributed by atoms with Crippen LogP contribution in [0.2, 0.25) is 5.02 Å². The molecule has 162 valence electrons. The van der Waals surface area contributed by atoms with Crippen molar-refractivity contribution in [3.8, 4) is 5.75 Å². The zero-order chi connectivity index (χ0) is 22.5. The summed E-state index contributed by atoms with van der Waals surface area (Å²) < 4.78 is 12.6. The van der Waals surface area contributed by atoms with Crippen molar-refractivity contribution in [1.29, 1.82) is 0 Å². The summed E-state index contributed by atoms with van der Waals surface area (Å²) in [6.07, 6.45) is 0.640. The number of methoxy groups -OCH3 is 1. The van der Waals surface area contributed by atoms with E-state index >= 15 is 0 Å². The lowest BCUT2D eigenvalue weighted by Gasteiger charge is -2.19. The molecule has 0 fully saturated rings. The maximum Gasteiger partial charge on any atom is 0.358 e. The molecule has 0 radical (unpaired) electrons. The summed E-state index contributed by atoms with van der Waals surface area (Å²) in [5.41, 5.74) is 1.75. The molecule has 0 aliphatic heterocycles. The van der Waals surface area contributed by atoms with Crippen LogP contribution in [0.4, 0.5) is 0 Å². The molecule has 0 atom stereocenters. The Hall–Kier alpha value is -3.57. The standard InChI is InChI=1S/C26H22ClNO4/c1-31-26(30)23-24(32-15-14-18-8-4-2-5-9-18)22-16-20(27)12-13-21(22)25(29)28(23)17-19-10-6-3-7-11-19/h2-13,16H,14-15,17H2,1H3. The Morgan fingerprint density at radius 2 is 1.56 bits per heavy atom. The molecule has 4 rings (SSSR count). The quantitative estimate of drug-likeness (QED) is 0.369. The van der Waals surface area contributed by atoms with Crippen molar-refractivity contribution in [2.24, 2.45) is 0 Å². The number of carbonyl (C=O) groups excluding carboxylic acids is 1. The number of benzene rings is 3. The van der Waals surface area contributed by atoms with Crippen molar-refractivity contribution in [2.75, 3.05) is 13.7 Å². The molecular weight excluding hydrogens is 426 g/mol. The third-order valence-electron chi connectivity index (χ3n) is 5.23. The summed E-state index contributed by atoms with van der Waals surface area (Å²) in [6, 6.07) is 24.3. The van der Waals surface area contributed by atoms with Crippen LogP contribution >= 0.6 is 11.6 Å². The topological polar surface area (TPSA) is 57.5 Å². The Morgan fingerprint density at radius 1 is 0.906 bits per heavy atom. The van der Waals surface area contributed by atoms with E-state index in [1.807, 2.05) is 60.7 Å². The molecule has 1 aromatic heterocycles. The number of esters is 1. The Bertz CT molecular complexity index is 1300. The van der Waals surface area contributed by atoms with Gasteiger partial charge >= 0.3 is 5.97 Å². The van der Waals surface area contributed by atoms with E-state index in [2.05, 4.69) is 0 Å². The van der Waals surface area contributed by atoms with Crippen LogP contribution in [0.15, 0.2) is 83.7 Å². The first kappa shape index (κ1) is 21.7. The number of hydrogen-bond donors (Lipinski definition) is 0. The van der Waals surface area contributed by atoms with E-state index in [-0.39, 0.29) is 17.8 Å². The highest BCUT2D eigenvalue weighted by molar-refractivity contribution is 6.31. The monoisotopic (exact) mass is 447 g/mol. The second-order valence-corrected chi connectivity index (χ2v) is 7.76. The van der Waals surface area contributed by atoms with Crippen LogP contribution in [0.25, 0.3) is 10.8 Å². The number of pyridine rings is 1. The van der Waals surface area contributed by atoms with Gasteiger partial charge in [-0.15, -0.1) is 0 Å².